The van der Waals surface area contributed by atoms with Crippen molar-refractivity contribution < 1.29 is 0 Å². The van der Waals surface area contributed by atoms with Crippen molar-refractivity contribution in [1.82, 2.24) is 14.8 Å². The second-order valence-electron chi connectivity index (χ2n) is 4.02. The van der Waals surface area contributed by atoms with Crippen LogP contribution in [0.2, 0.25) is 5.02 Å². The molecule has 0 bridgehead atoms. The van der Waals surface area contributed by atoms with Crippen molar-refractivity contribution in [3.05, 3.63) is 64.5 Å². The minimum Gasteiger partial charge on any atom is -0.236 e. The van der Waals surface area contributed by atoms with Gasteiger partial charge in [0, 0.05) is 27.5 Å². The van der Waals surface area contributed by atoms with Crippen LogP contribution in [0, 0.1) is 0 Å². The number of pyridine rings is 1. The molecule has 94 valence electrons. The first kappa shape index (κ1) is 12.4. The molecule has 0 aliphatic heterocycles. The van der Waals surface area contributed by atoms with Gasteiger partial charge in [-0.05, 0) is 45.8 Å². The number of halogens is 2. The Morgan fingerprint density at radius 2 is 1.95 bits per heavy atom. The number of benzene rings is 1. The van der Waals surface area contributed by atoms with E-state index in [2.05, 4.69) is 26.0 Å². The molecule has 3 rings (SSSR count). The highest BCUT2D eigenvalue weighted by molar-refractivity contribution is 9.10. The summed E-state index contributed by atoms with van der Waals surface area (Å²) in [5.74, 6) is 0.775. The SMILES string of the molecule is Clc1cccc(-c2cnn(-c3ccc(Br)cn3)c2)c1. The molecule has 0 aliphatic rings. The molecule has 0 saturated heterocycles. The summed E-state index contributed by atoms with van der Waals surface area (Å²) in [5.41, 5.74) is 2.04. The summed E-state index contributed by atoms with van der Waals surface area (Å²) >= 11 is 9.35. The molecule has 0 fully saturated rings. The lowest BCUT2D eigenvalue weighted by Crippen LogP contribution is -1.96. The molecule has 2 heterocycles. The van der Waals surface area contributed by atoms with Crippen LogP contribution in [0.25, 0.3) is 16.9 Å². The molecular formula is C14H9BrClN3. The summed E-state index contributed by atoms with van der Waals surface area (Å²) in [6, 6.07) is 11.5. The summed E-state index contributed by atoms with van der Waals surface area (Å²) in [6.07, 6.45) is 5.48. The molecule has 0 spiro atoms. The number of hydrogen-bond acceptors (Lipinski definition) is 2. The van der Waals surface area contributed by atoms with Crippen LogP contribution in [0.1, 0.15) is 0 Å². The fourth-order valence-electron chi connectivity index (χ4n) is 1.77. The molecule has 0 atom stereocenters. The van der Waals surface area contributed by atoms with Gasteiger partial charge in [0.2, 0.25) is 0 Å². The molecule has 0 radical (unpaired) electrons. The summed E-state index contributed by atoms with van der Waals surface area (Å²) in [4.78, 5) is 4.30. The van der Waals surface area contributed by atoms with Crippen LogP contribution in [0.5, 0.6) is 0 Å². The van der Waals surface area contributed by atoms with Crippen LogP contribution in [-0.4, -0.2) is 14.8 Å². The van der Waals surface area contributed by atoms with Crippen molar-refractivity contribution in [2.24, 2.45) is 0 Å². The van der Waals surface area contributed by atoms with Gasteiger partial charge in [-0.1, -0.05) is 23.7 Å². The Morgan fingerprint density at radius 1 is 1.05 bits per heavy atom. The van der Waals surface area contributed by atoms with Gasteiger partial charge in [-0.15, -0.1) is 0 Å². The molecular weight excluding hydrogens is 326 g/mol. The molecule has 5 heteroatoms. The average Bonchev–Trinajstić information content (AvgIpc) is 2.89. The van der Waals surface area contributed by atoms with E-state index >= 15 is 0 Å². The molecule has 0 aliphatic carbocycles. The lowest BCUT2D eigenvalue weighted by Gasteiger charge is -2.00. The van der Waals surface area contributed by atoms with Crippen molar-refractivity contribution in [3.8, 4) is 16.9 Å². The number of aromatic nitrogens is 3. The highest BCUT2D eigenvalue weighted by atomic mass is 79.9. The molecule has 0 saturated carbocycles. The molecule has 3 nitrogen and oxygen atoms in total. The van der Waals surface area contributed by atoms with Crippen LogP contribution in [-0.2, 0) is 0 Å². The third-order valence-electron chi connectivity index (χ3n) is 2.69. The van der Waals surface area contributed by atoms with Gasteiger partial charge in [0.15, 0.2) is 5.82 Å². The molecule has 1 aromatic carbocycles. The smallest absolute Gasteiger partial charge is 0.153 e. The Kier molecular flexibility index (Phi) is 3.36. The van der Waals surface area contributed by atoms with Gasteiger partial charge >= 0.3 is 0 Å². The first-order chi connectivity index (χ1) is 9.22. The molecule has 3 aromatic rings. The van der Waals surface area contributed by atoms with Gasteiger partial charge in [0.1, 0.15) is 0 Å². The van der Waals surface area contributed by atoms with E-state index in [1.54, 1.807) is 17.1 Å². The van der Waals surface area contributed by atoms with Crippen molar-refractivity contribution in [3.63, 3.8) is 0 Å². The Hall–Kier alpha value is -1.65. The van der Waals surface area contributed by atoms with E-state index < -0.39 is 0 Å². The fraction of sp³-hybridized carbons (Fsp3) is 0. The zero-order chi connectivity index (χ0) is 13.2. The lowest BCUT2D eigenvalue weighted by molar-refractivity contribution is 0.846. The third kappa shape index (κ3) is 2.69. The van der Waals surface area contributed by atoms with E-state index in [9.17, 15) is 0 Å². The Morgan fingerprint density at radius 3 is 2.68 bits per heavy atom. The first-order valence-electron chi connectivity index (χ1n) is 5.65. The van der Waals surface area contributed by atoms with E-state index in [1.807, 2.05) is 42.6 Å². The summed E-state index contributed by atoms with van der Waals surface area (Å²) < 4.78 is 2.68. The zero-order valence-corrected chi connectivity index (χ0v) is 12.1. The van der Waals surface area contributed by atoms with Crippen molar-refractivity contribution in [1.29, 1.82) is 0 Å². The second kappa shape index (κ2) is 5.15. The lowest BCUT2D eigenvalue weighted by atomic mass is 10.1. The summed E-state index contributed by atoms with van der Waals surface area (Å²) in [5, 5.41) is 5.03. The van der Waals surface area contributed by atoms with E-state index in [0.29, 0.717) is 5.02 Å². The van der Waals surface area contributed by atoms with Gasteiger partial charge in [-0.2, -0.15) is 5.10 Å². The monoisotopic (exact) mass is 333 g/mol. The van der Waals surface area contributed by atoms with Gasteiger partial charge < -0.3 is 0 Å². The maximum Gasteiger partial charge on any atom is 0.153 e. The topological polar surface area (TPSA) is 30.7 Å². The first-order valence-corrected chi connectivity index (χ1v) is 6.82. The van der Waals surface area contributed by atoms with E-state index in [-0.39, 0.29) is 0 Å². The fourth-order valence-corrected chi connectivity index (χ4v) is 2.19. The highest BCUT2D eigenvalue weighted by Crippen LogP contribution is 2.23. The molecule has 2 aromatic heterocycles. The Balaban J connectivity index is 1.97. The Bertz CT molecular complexity index is 707. The maximum atomic E-state index is 5.99. The Labute approximate surface area is 124 Å². The van der Waals surface area contributed by atoms with E-state index in [1.165, 1.54) is 0 Å². The minimum absolute atomic E-state index is 0.715. The van der Waals surface area contributed by atoms with Crippen molar-refractivity contribution >= 4 is 27.5 Å². The summed E-state index contributed by atoms with van der Waals surface area (Å²) in [6.45, 7) is 0. The minimum atomic E-state index is 0.715. The number of hydrogen-bond donors (Lipinski definition) is 0. The molecule has 19 heavy (non-hydrogen) atoms. The second-order valence-corrected chi connectivity index (χ2v) is 5.37. The third-order valence-corrected chi connectivity index (χ3v) is 3.39. The largest absolute Gasteiger partial charge is 0.236 e. The maximum absolute atomic E-state index is 5.99. The molecule has 0 unspecified atom stereocenters. The zero-order valence-electron chi connectivity index (χ0n) is 9.79. The highest BCUT2D eigenvalue weighted by Gasteiger charge is 2.04. The average molecular weight is 335 g/mol. The summed E-state index contributed by atoms with van der Waals surface area (Å²) in [7, 11) is 0. The normalized spacial score (nSPS) is 10.6. The van der Waals surface area contributed by atoms with Crippen LogP contribution in [0.4, 0.5) is 0 Å². The van der Waals surface area contributed by atoms with Gasteiger partial charge in [0.05, 0.1) is 6.20 Å². The predicted octanol–water partition coefficient (Wildman–Crippen LogP) is 4.35. The van der Waals surface area contributed by atoms with Crippen LogP contribution in [0.15, 0.2) is 59.5 Å². The standard InChI is InChI=1S/C14H9BrClN3/c15-12-4-5-14(17-8-12)19-9-11(7-18-19)10-2-1-3-13(16)6-10/h1-9H. The van der Waals surface area contributed by atoms with Crippen molar-refractivity contribution in [2.45, 2.75) is 0 Å². The molecule has 0 N–H and O–H groups in total. The quantitative estimate of drug-likeness (QED) is 0.697. The van der Waals surface area contributed by atoms with Crippen LogP contribution in [0.3, 0.4) is 0 Å². The van der Waals surface area contributed by atoms with Gasteiger partial charge in [-0.3, -0.25) is 0 Å². The van der Waals surface area contributed by atoms with Crippen molar-refractivity contribution in [2.75, 3.05) is 0 Å². The van der Waals surface area contributed by atoms with Crippen LogP contribution < -0.4 is 0 Å². The van der Waals surface area contributed by atoms with Gasteiger partial charge in [0.25, 0.3) is 0 Å². The van der Waals surface area contributed by atoms with E-state index in [0.717, 1.165) is 21.4 Å². The predicted molar refractivity (Wildman–Crippen MR) is 79.5 cm³/mol. The van der Waals surface area contributed by atoms with Crippen LogP contribution >= 0.6 is 27.5 Å². The molecule has 0 amide bonds. The number of nitrogens with zero attached hydrogens (tertiary/aromatic N) is 3. The number of rotatable bonds is 2. The van der Waals surface area contributed by atoms with Gasteiger partial charge in [-0.25, -0.2) is 9.67 Å². The van der Waals surface area contributed by atoms with E-state index in [4.69, 9.17) is 11.6 Å².